The number of rotatable bonds is 7. The molecule has 4 rings (SSSR count). The van der Waals surface area contributed by atoms with Gasteiger partial charge in [0, 0.05) is 29.1 Å². The normalized spacial score (nSPS) is 14.8. The summed E-state index contributed by atoms with van der Waals surface area (Å²) >= 11 is 0. The standard InChI is InChI=1S/C25H27NO3/c27-25(28)13-11-18-10-12-24(29-17-19-6-2-1-3-7-19)22(14-18)21-15-20-8-4-5-9-23(20)26-16-21/h4-5,8-10,12,14-16,19H,1-3,6-7,11,13,17H2,(H,27,28). The zero-order chi connectivity index (χ0) is 20.1. The Balaban J connectivity index is 1.64. The maximum atomic E-state index is 11.0. The number of para-hydroxylation sites is 1. The maximum Gasteiger partial charge on any atom is 0.303 e. The van der Waals surface area contributed by atoms with Crippen LogP contribution in [0.2, 0.25) is 0 Å². The molecule has 1 fully saturated rings. The minimum absolute atomic E-state index is 0.123. The van der Waals surface area contributed by atoms with Gasteiger partial charge in [0.05, 0.1) is 12.1 Å². The number of aliphatic carboxylic acids is 1. The summed E-state index contributed by atoms with van der Waals surface area (Å²) in [5, 5.41) is 10.1. The molecule has 1 aliphatic rings. The van der Waals surface area contributed by atoms with E-state index >= 15 is 0 Å². The maximum absolute atomic E-state index is 11.0. The molecule has 0 unspecified atom stereocenters. The molecule has 1 heterocycles. The first-order valence-corrected chi connectivity index (χ1v) is 10.5. The van der Waals surface area contributed by atoms with Crippen LogP contribution >= 0.6 is 0 Å². The molecule has 1 aromatic heterocycles. The van der Waals surface area contributed by atoms with Crippen molar-refractivity contribution in [1.29, 1.82) is 0 Å². The van der Waals surface area contributed by atoms with Gasteiger partial charge >= 0.3 is 5.97 Å². The quantitative estimate of drug-likeness (QED) is 0.548. The van der Waals surface area contributed by atoms with Gasteiger partial charge in [0.2, 0.25) is 0 Å². The third-order valence-corrected chi connectivity index (χ3v) is 5.77. The Morgan fingerprint density at radius 1 is 1.07 bits per heavy atom. The molecular weight excluding hydrogens is 362 g/mol. The van der Waals surface area contributed by atoms with Gasteiger partial charge < -0.3 is 9.84 Å². The number of fused-ring (bicyclic) bond motifs is 1. The molecule has 1 N–H and O–H groups in total. The molecule has 0 saturated heterocycles. The van der Waals surface area contributed by atoms with E-state index < -0.39 is 5.97 Å². The lowest BCUT2D eigenvalue weighted by Crippen LogP contribution is -2.15. The largest absolute Gasteiger partial charge is 0.493 e. The second-order valence-corrected chi connectivity index (χ2v) is 7.96. The fraction of sp³-hybridized carbons (Fsp3) is 0.360. The first kappa shape index (κ1) is 19.4. The SMILES string of the molecule is O=C(O)CCc1ccc(OCC2CCCCC2)c(-c2cnc3ccccc3c2)c1. The number of carboxylic acids is 1. The summed E-state index contributed by atoms with van der Waals surface area (Å²) in [4.78, 5) is 15.6. The lowest BCUT2D eigenvalue weighted by atomic mass is 9.90. The van der Waals surface area contributed by atoms with Gasteiger partial charge in [-0.05, 0) is 55.0 Å². The van der Waals surface area contributed by atoms with Crippen LogP contribution in [0.1, 0.15) is 44.1 Å². The van der Waals surface area contributed by atoms with Crippen molar-refractivity contribution in [2.45, 2.75) is 44.9 Å². The van der Waals surface area contributed by atoms with Gasteiger partial charge in [0.15, 0.2) is 0 Å². The van der Waals surface area contributed by atoms with Crippen LogP contribution in [0.25, 0.3) is 22.0 Å². The van der Waals surface area contributed by atoms with Gasteiger partial charge in [-0.2, -0.15) is 0 Å². The molecule has 0 bridgehead atoms. The zero-order valence-corrected chi connectivity index (χ0v) is 16.6. The summed E-state index contributed by atoms with van der Waals surface area (Å²) < 4.78 is 6.28. The summed E-state index contributed by atoms with van der Waals surface area (Å²) in [5.41, 5.74) is 3.95. The number of carbonyl (C=O) groups is 1. The second kappa shape index (κ2) is 9.08. The lowest BCUT2D eigenvalue weighted by Gasteiger charge is -2.22. The summed E-state index contributed by atoms with van der Waals surface area (Å²) in [7, 11) is 0. The molecule has 0 spiro atoms. The van der Waals surface area contributed by atoms with Crippen LogP contribution in [-0.4, -0.2) is 22.7 Å². The van der Waals surface area contributed by atoms with Crippen molar-refractivity contribution in [2.24, 2.45) is 5.92 Å². The number of nitrogens with zero attached hydrogens (tertiary/aromatic N) is 1. The molecule has 0 aliphatic heterocycles. The van der Waals surface area contributed by atoms with Crippen molar-refractivity contribution >= 4 is 16.9 Å². The molecular formula is C25H27NO3. The first-order valence-electron chi connectivity index (χ1n) is 10.5. The van der Waals surface area contributed by atoms with Gasteiger partial charge in [-0.1, -0.05) is 43.5 Å². The highest BCUT2D eigenvalue weighted by Crippen LogP contribution is 2.34. The Hall–Kier alpha value is -2.88. The van der Waals surface area contributed by atoms with Crippen LogP contribution in [0.5, 0.6) is 5.75 Å². The van der Waals surface area contributed by atoms with Gasteiger partial charge in [-0.3, -0.25) is 9.78 Å². The van der Waals surface area contributed by atoms with Crippen LogP contribution in [0.3, 0.4) is 0 Å². The van der Waals surface area contributed by atoms with Crippen LogP contribution < -0.4 is 4.74 Å². The third kappa shape index (κ3) is 4.94. The predicted octanol–water partition coefficient (Wildman–Crippen LogP) is 5.88. The van der Waals surface area contributed by atoms with E-state index in [0.29, 0.717) is 12.3 Å². The Bertz CT molecular complexity index is 992. The first-order chi connectivity index (χ1) is 14.2. The van der Waals surface area contributed by atoms with E-state index in [1.807, 2.05) is 36.5 Å². The van der Waals surface area contributed by atoms with Gasteiger partial charge in [0.25, 0.3) is 0 Å². The Labute approximate surface area is 171 Å². The Morgan fingerprint density at radius 2 is 1.90 bits per heavy atom. The van der Waals surface area contributed by atoms with Crippen LogP contribution in [0, 0.1) is 5.92 Å². The number of benzene rings is 2. The molecule has 1 saturated carbocycles. The van der Waals surface area contributed by atoms with E-state index in [-0.39, 0.29) is 6.42 Å². The van der Waals surface area contributed by atoms with Gasteiger partial charge in [-0.15, -0.1) is 0 Å². The fourth-order valence-corrected chi connectivity index (χ4v) is 4.12. The summed E-state index contributed by atoms with van der Waals surface area (Å²) in [5.74, 6) is 0.696. The number of ether oxygens (including phenoxy) is 1. The van der Waals surface area contributed by atoms with Crippen LogP contribution in [0.4, 0.5) is 0 Å². The molecule has 4 nitrogen and oxygen atoms in total. The fourth-order valence-electron chi connectivity index (χ4n) is 4.12. The highest BCUT2D eigenvalue weighted by Gasteiger charge is 2.16. The Kier molecular flexibility index (Phi) is 6.09. The highest BCUT2D eigenvalue weighted by atomic mass is 16.5. The van der Waals surface area contributed by atoms with Crippen LogP contribution in [-0.2, 0) is 11.2 Å². The van der Waals surface area contributed by atoms with E-state index in [0.717, 1.165) is 39.9 Å². The van der Waals surface area contributed by atoms with Crippen molar-refractivity contribution < 1.29 is 14.6 Å². The molecule has 150 valence electrons. The average molecular weight is 389 g/mol. The van der Waals surface area contributed by atoms with E-state index in [2.05, 4.69) is 23.2 Å². The third-order valence-electron chi connectivity index (χ3n) is 5.77. The molecule has 0 radical (unpaired) electrons. The molecule has 4 heteroatoms. The molecule has 0 atom stereocenters. The van der Waals surface area contributed by atoms with Crippen LogP contribution in [0.15, 0.2) is 54.7 Å². The zero-order valence-electron chi connectivity index (χ0n) is 16.6. The number of aromatic nitrogens is 1. The molecule has 3 aromatic rings. The predicted molar refractivity (Wildman–Crippen MR) is 115 cm³/mol. The summed E-state index contributed by atoms with van der Waals surface area (Å²) in [6.07, 6.45) is 8.92. The molecule has 2 aromatic carbocycles. The Morgan fingerprint density at radius 3 is 2.72 bits per heavy atom. The monoisotopic (exact) mass is 389 g/mol. The average Bonchev–Trinajstić information content (AvgIpc) is 2.77. The number of hydrogen-bond donors (Lipinski definition) is 1. The van der Waals surface area contributed by atoms with Crippen molar-refractivity contribution in [3.63, 3.8) is 0 Å². The van der Waals surface area contributed by atoms with Gasteiger partial charge in [-0.25, -0.2) is 0 Å². The summed E-state index contributed by atoms with van der Waals surface area (Å²) in [6.45, 7) is 0.739. The number of carboxylic acid groups (broad SMARTS) is 1. The number of hydrogen-bond acceptors (Lipinski definition) is 3. The molecule has 1 aliphatic carbocycles. The van der Waals surface area contributed by atoms with E-state index in [1.54, 1.807) is 0 Å². The number of aryl methyl sites for hydroxylation is 1. The van der Waals surface area contributed by atoms with E-state index in [9.17, 15) is 4.79 Å². The van der Waals surface area contributed by atoms with Crippen molar-refractivity contribution in [3.05, 3.63) is 60.3 Å². The van der Waals surface area contributed by atoms with Crippen molar-refractivity contribution in [2.75, 3.05) is 6.61 Å². The van der Waals surface area contributed by atoms with Crippen molar-refractivity contribution in [1.82, 2.24) is 4.98 Å². The van der Waals surface area contributed by atoms with Gasteiger partial charge in [0.1, 0.15) is 5.75 Å². The van der Waals surface area contributed by atoms with E-state index in [4.69, 9.17) is 9.84 Å². The molecule has 0 amide bonds. The summed E-state index contributed by atoms with van der Waals surface area (Å²) in [6, 6.07) is 16.2. The van der Waals surface area contributed by atoms with Crippen molar-refractivity contribution in [3.8, 4) is 16.9 Å². The minimum Gasteiger partial charge on any atom is -0.493 e. The number of pyridine rings is 1. The second-order valence-electron chi connectivity index (χ2n) is 7.96. The smallest absolute Gasteiger partial charge is 0.303 e. The minimum atomic E-state index is -0.781. The highest BCUT2D eigenvalue weighted by molar-refractivity contribution is 5.84. The lowest BCUT2D eigenvalue weighted by molar-refractivity contribution is -0.136. The topological polar surface area (TPSA) is 59.4 Å². The van der Waals surface area contributed by atoms with E-state index in [1.165, 1.54) is 32.1 Å². The molecule has 29 heavy (non-hydrogen) atoms.